The Hall–Kier alpha value is -1.79. The molecule has 1 rings (SSSR count). The molecule has 0 atom stereocenters. The average molecular weight is 272 g/mol. The number of aryl methyl sites for hydroxylation is 1. The summed E-state index contributed by atoms with van der Waals surface area (Å²) in [5.74, 6) is 6.43. The summed E-state index contributed by atoms with van der Waals surface area (Å²) in [5.41, 5.74) is 7.91. The Balaban J connectivity index is 2.91. The van der Waals surface area contributed by atoms with Gasteiger partial charge >= 0.3 is 0 Å². The van der Waals surface area contributed by atoms with Crippen LogP contribution in [0.2, 0.25) is 0 Å². The zero-order valence-electron chi connectivity index (χ0n) is 12.9. The summed E-state index contributed by atoms with van der Waals surface area (Å²) in [6, 6.07) is 5.71. The van der Waals surface area contributed by atoms with E-state index in [2.05, 4.69) is 25.7 Å². The SMILES string of the molecule is Cc1ccc(C#CCN)cc1C(=O)N(C)CCC(C)C. The lowest BCUT2D eigenvalue weighted by atomic mass is 10.0. The van der Waals surface area contributed by atoms with Crippen molar-refractivity contribution < 1.29 is 4.79 Å². The molecule has 0 aromatic heterocycles. The summed E-state index contributed by atoms with van der Waals surface area (Å²) in [4.78, 5) is 14.2. The van der Waals surface area contributed by atoms with Gasteiger partial charge in [-0.15, -0.1) is 0 Å². The fraction of sp³-hybridized carbons (Fsp3) is 0.471. The van der Waals surface area contributed by atoms with Gasteiger partial charge in [0.05, 0.1) is 6.54 Å². The molecule has 3 heteroatoms. The second-order valence-corrected chi connectivity index (χ2v) is 5.44. The molecule has 0 saturated carbocycles. The molecule has 0 saturated heterocycles. The maximum atomic E-state index is 12.5. The minimum Gasteiger partial charge on any atom is -0.342 e. The van der Waals surface area contributed by atoms with Crippen molar-refractivity contribution in [2.24, 2.45) is 11.7 Å². The third-order valence-corrected chi connectivity index (χ3v) is 3.19. The molecule has 3 nitrogen and oxygen atoms in total. The van der Waals surface area contributed by atoms with E-state index in [9.17, 15) is 4.79 Å². The highest BCUT2D eigenvalue weighted by atomic mass is 16.2. The molecule has 0 radical (unpaired) electrons. The molecule has 0 fully saturated rings. The average Bonchev–Trinajstić information content (AvgIpc) is 2.43. The summed E-state index contributed by atoms with van der Waals surface area (Å²) >= 11 is 0. The fourth-order valence-corrected chi connectivity index (χ4v) is 1.84. The zero-order valence-corrected chi connectivity index (χ0v) is 12.9. The van der Waals surface area contributed by atoms with E-state index in [1.165, 1.54) is 0 Å². The van der Waals surface area contributed by atoms with Gasteiger partial charge in [-0.05, 0) is 37.0 Å². The quantitative estimate of drug-likeness (QED) is 0.856. The fourth-order valence-electron chi connectivity index (χ4n) is 1.84. The van der Waals surface area contributed by atoms with Crippen LogP contribution in [0.15, 0.2) is 18.2 Å². The smallest absolute Gasteiger partial charge is 0.253 e. The highest BCUT2D eigenvalue weighted by Gasteiger charge is 2.14. The molecule has 0 unspecified atom stereocenters. The van der Waals surface area contributed by atoms with Gasteiger partial charge in [-0.2, -0.15) is 0 Å². The summed E-state index contributed by atoms with van der Waals surface area (Å²) in [6.45, 7) is 7.36. The van der Waals surface area contributed by atoms with Crippen molar-refractivity contribution >= 4 is 5.91 Å². The van der Waals surface area contributed by atoms with Crippen LogP contribution in [0.5, 0.6) is 0 Å². The number of benzene rings is 1. The molecule has 0 aliphatic rings. The predicted molar refractivity (Wildman–Crippen MR) is 83.5 cm³/mol. The minimum atomic E-state index is 0.0551. The van der Waals surface area contributed by atoms with Crippen LogP contribution < -0.4 is 5.73 Å². The van der Waals surface area contributed by atoms with Crippen molar-refractivity contribution in [2.75, 3.05) is 20.1 Å². The van der Waals surface area contributed by atoms with Crippen LogP contribution in [0.4, 0.5) is 0 Å². The standard InChI is InChI=1S/C17H24N2O/c1-13(2)9-11-19(4)17(20)16-12-15(6-5-10-18)8-7-14(16)3/h7-8,12-13H,9-11,18H2,1-4H3. The summed E-state index contributed by atoms with van der Waals surface area (Å²) < 4.78 is 0. The van der Waals surface area contributed by atoms with Crippen LogP contribution in [0.25, 0.3) is 0 Å². The molecule has 2 N–H and O–H groups in total. The number of rotatable bonds is 4. The summed E-state index contributed by atoms with van der Waals surface area (Å²) in [7, 11) is 1.85. The van der Waals surface area contributed by atoms with Gasteiger partial charge in [0.25, 0.3) is 5.91 Å². The number of nitrogens with two attached hydrogens (primary N) is 1. The first-order valence-electron chi connectivity index (χ1n) is 7.00. The van der Waals surface area contributed by atoms with E-state index in [0.29, 0.717) is 12.5 Å². The normalized spacial score (nSPS) is 10.1. The molecular formula is C17H24N2O. The van der Waals surface area contributed by atoms with Crippen LogP contribution in [-0.4, -0.2) is 30.9 Å². The van der Waals surface area contributed by atoms with Gasteiger partial charge in [0.2, 0.25) is 0 Å². The van der Waals surface area contributed by atoms with Gasteiger partial charge in [0.15, 0.2) is 0 Å². The largest absolute Gasteiger partial charge is 0.342 e. The van der Waals surface area contributed by atoms with E-state index < -0.39 is 0 Å². The van der Waals surface area contributed by atoms with Crippen molar-refractivity contribution in [1.82, 2.24) is 4.90 Å². The number of amides is 1. The Bertz CT molecular complexity index is 524. The molecule has 0 aliphatic carbocycles. The van der Waals surface area contributed by atoms with E-state index in [-0.39, 0.29) is 5.91 Å². The molecule has 1 aromatic rings. The van der Waals surface area contributed by atoms with Gasteiger partial charge < -0.3 is 10.6 Å². The predicted octanol–water partition coefficient (Wildman–Crippen LogP) is 2.42. The van der Waals surface area contributed by atoms with Crippen LogP contribution in [0.1, 0.15) is 41.8 Å². The molecule has 108 valence electrons. The van der Waals surface area contributed by atoms with Gasteiger partial charge in [-0.25, -0.2) is 0 Å². The Morgan fingerprint density at radius 3 is 2.70 bits per heavy atom. The first kappa shape index (κ1) is 16.3. The maximum absolute atomic E-state index is 12.5. The van der Waals surface area contributed by atoms with Crippen LogP contribution in [-0.2, 0) is 0 Å². The van der Waals surface area contributed by atoms with Crippen LogP contribution in [0, 0.1) is 24.7 Å². The lowest BCUT2D eigenvalue weighted by Crippen LogP contribution is -2.29. The highest BCUT2D eigenvalue weighted by Crippen LogP contribution is 2.14. The van der Waals surface area contributed by atoms with Crippen molar-refractivity contribution in [3.8, 4) is 11.8 Å². The molecule has 0 spiro atoms. The number of hydrogen-bond acceptors (Lipinski definition) is 2. The van der Waals surface area contributed by atoms with Crippen molar-refractivity contribution in [3.63, 3.8) is 0 Å². The van der Waals surface area contributed by atoms with Crippen molar-refractivity contribution in [1.29, 1.82) is 0 Å². The summed E-state index contributed by atoms with van der Waals surface area (Å²) in [6.07, 6.45) is 1.01. The zero-order chi connectivity index (χ0) is 15.1. The van der Waals surface area contributed by atoms with Gasteiger partial charge in [-0.3, -0.25) is 4.79 Å². The van der Waals surface area contributed by atoms with Gasteiger partial charge in [0.1, 0.15) is 0 Å². The Morgan fingerprint density at radius 2 is 2.10 bits per heavy atom. The first-order valence-corrected chi connectivity index (χ1v) is 7.00. The molecule has 0 bridgehead atoms. The summed E-state index contributed by atoms with van der Waals surface area (Å²) in [5, 5.41) is 0. The van der Waals surface area contributed by atoms with Crippen molar-refractivity contribution in [2.45, 2.75) is 27.2 Å². The molecule has 0 aliphatic heterocycles. The molecular weight excluding hydrogens is 248 g/mol. The second-order valence-electron chi connectivity index (χ2n) is 5.44. The van der Waals surface area contributed by atoms with E-state index in [4.69, 9.17) is 5.73 Å². The lowest BCUT2D eigenvalue weighted by Gasteiger charge is -2.19. The van der Waals surface area contributed by atoms with E-state index in [1.54, 1.807) is 4.90 Å². The Kier molecular flexibility index (Phi) is 6.27. The van der Waals surface area contributed by atoms with Gasteiger partial charge in [-0.1, -0.05) is 31.8 Å². The van der Waals surface area contributed by atoms with E-state index >= 15 is 0 Å². The van der Waals surface area contributed by atoms with Gasteiger partial charge in [0, 0.05) is 24.7 Å². The third kappa shape index (κ3) is 4.71. The number of carbonyl (C=O) groups is 1. The lowest BCUT2D eigenvalue weighted by molar-refractivity contribution is 0.0788. The topological polar surface area (TPSA) is 46.3 Å². The van der Waals surface area contributed by atoms with E-state index in [1.807, 2.05) is 32.2 Å². The third-order valence-electron chi connectivity index (χ3n) is 3.19. The number of nitrogens with zero attached hydrogens (tertiary/aromatic N) is 1. The molecule has 20 heavy (non-hydrogen) atoms. The second kappa shape index (κ2) is 7.72. The van der Waals surface area contributed by atoms with Crippen molar-refractivity contribution in [3.05, 3.63) is 34.9 Å². The number of carbonyl (C=O) groups excluding carboxylic acids is 1. The molecule has 1 aromatic carbocycles. The molecule has 1 amide bonds. The Labute approximate surface area is 122 Å². The molecule has 0 heterocycles. The van der Waals surface area contributed by atoms with E-state index in [0.717, 1.165) is 29.7 Å². The number of hydrogen-bond donors (Lipinski definition) is 1. The maximum Gasteiger partial charge on any atom is 0.253 e. The van der Waals surface area contributed by atoms with Crippen LogP contribution >= 0.6 is 0 Å². The Morgan fingerprint density at radius 1 is 1.40 bits per heavy atom. The first-order chi connectivity index (χ1) is 9.45. The highest BCUT2D eigenvalue weighted by molar-refractivity contribution is 5.95. The van der Waals surface area contributed by atoms with Crippen LogP contribution in [0.3, 0.4) is 0 Å². The minimum absolute atomic E-state index is 0.0551. The monoisotopic (exact) mass is 272 g/mol.